The quantitative estimate of drug-likeness (QED) is 0.552. The van der Waals surface area contributed by atoms with Crippen LogP contribution in [0, 0.1) is 5.92 Å². The first-order valence-corrected chi connectivity index (χ1v) is 6.75. The van der Waals surface area contributed by atoms with Gasteiger partial charge in [0.25, 0.3) is 0 Å². The van der Waals surface area contributed by atoms with Crippen molar-refractivity contribution in [2.75, 3.05) is 19.6 Å². The molecule has 0 bridgehead atoms. The Morgan fingerprint density at radius 3 is 2.19 bits per heavy atom. The largest absolute Gasteiger partial charge is 0.473 e. The number of rotatable bonds is 2. The van der Waals surface area contributed by atoms with Crippen LogP contribution in [0.15, 0.2) is 0 Å². The Morgan fingerprint density at radius 2 is 1.81 bits per heavy atom. The average molecular weight is 304 g/mol. The van der Waals surface area contributed by atoms with Crippen LogP contribution in [0.25, 0.3) is 0 Å². The summed E-state index contributed by atoms with van der Waals surface area (Å²) >= 11 is 0. The summed E-state index contributed by atoms with van der Waals surface area (Å²) in [6, 6.07) is 0. The van der Waals surface area contributed by atoms with Gasteiger partial charge in [-0.1, -0.05) is 0 Å². The highest BCUT2D eigenvalue weighted by atomic mass is 16.6. The SMILES string of the molecule is CC(C)(C)OC(=O)NCC1CCCNC1.O=C(O)C(=O)O. The highest BCUT2D eigenvalue weighted by molar-refractivity contribution is 6.27. The number of carbonyl (C=O) groups is 3. The number of ether oxygens (including phenoxy) is 1. The van der Waals surface area contributed by atoms with E-state index in [1.165, 1.54) is 12.8 Å². The van der Waals surface area contributed by atoms with Crippen LogP contribution in [0.5, 0.6) is 0 Å². The smallest absolute Gasteiger partial charge is 0.414 e. The van der Waals surface area contributed by atoms with Crippen LogP contribution < -0.4 is 10.6 Å². The summed E-state index contributed by atoms with van der Waals surface area (Å²) < 4.78 is 5.16. The topological polar surface area (TPSA) is 125 Å². The Labute approximate surface area is 123 Å². The van der Waals surface area contributed by atoms with Gasteiger partial charge in [0.05, 0.1) is 0 Å². The van der Waals surface area contributed by atoms with Crippen molar-refractivity contribution in [2.45, 2.75) is 39.2 Å². The van der Waals surface area contributed by atoms with Crippen LogP contribution in [-0.2, 0) is 14.3 Å². The Balaban J connectivity index is 0.000000567. The fourth-order valence-corrected chi connectivity index (χ4v) is 1.64. The van der Waals surface area contributed by atoms with Crippen molar-refractivity contribution in [1.82, 2.24) is 10.6 Å². The van der Waals surface area contributed by atoms with Crippen molar-refractivity contribution in [2.24, 2.45) is 5.92 Å². The van der Waals surface area contributed by atoms with Crippen LogP contribution in [0.1, 0.15) is 33.6 Å². The second-order valence-electron chi connectivity index (χ2n) is 5.71. The van der Waals surface area contributed by atoms with Gasteiger partial charge in [0.15, 0.2) is 0 Å². The van der Waals surface area contributed by atoms with Crippen molar-refractivity contribution < 1.29 is 29.3 Å². The van der Waals surface area contributed by atoms with Crippen molar-refractivity contribution in [3.8, 4) is 0 Å². The highest BCUT2D eigenvalue weighted by Crippen LogP contribution is 2.09. The average Bonchev–Trinajstić information content (AvgIpc) is 2.36. The first-order chi connectivity index (χ1) is 9.61. The number of nitrogens with one attached hydrogen (secondary N) is 2. The molecule has 1 atom stereocenters. The molecule has 1 heterocycles. The van der Waals surface area contributed by atoms with Crippen LogP contribution in [0.4, 0.5) is 4.79 Å². The van der Waals surface area contributed by atoms with Gasteiger partial charge in [-0.15, -0.1) is 0 Å². The number of carbonyl (C=O) groups excluding carboxylic acids is 1. The number of carboxylic acid groups (broad SMARTS) is 2. The fourth-order valence-electron chi connectivity index (χ4n) is 1.64. The van der Waals surface area contributed by atoms with Gasteiger partial charge in [-0.25, -0.2) is 14.4 Å². The molecule has 1 aliphatic heterocycles. The van der Waals surface area contributed by atoms with E-state index in [0.29, 0.717) is 12.5 Å². The zero-order chi connectivity index (χ0) is 16.5. The lowest BCUT2D eigenvalue weighted by Gasteiger charge is -2.24. The highest BCUT2D eigenvalue weighted by Gasteiger charge is 2.18. The molecular weight excluding hydrogens is 280 g/mol. The zero-order valence-corrected chi connectivity index (χ0v) is 12.6. The first-order valence-electron chi connectivity index (χ1n) is 6.75. The summed E-state index contributed by atoms with van der Waals surface area (Å²) in [5.41, 5.74) is -0.408. The molecule has 0 aliphatic carbocycles. The predicted molar refractivity (Wildman–Crippen MR) is 75.1 cm³/mol. The third-order valence-electron chi connectivity index (χ3n) is 2.52. The molecule has 0 aromatic carbocycles. The summed E-state index contributed by atoms with van der Waals surface area (Å²) in [4.78, 5) is 29.5. The molecular formula is C13H24N2O6. The zero-order valence-electron chi connectivity index (χ0n) is 12.6. The lowest BCUT2D eigenvalue weighted by molar-refractivity contribution is -0.159. The maximum Gasteiger partial charge on any atom is 0.414 e. The normalized spacial score (nSPS) is 18.0. The van der Waals surface area contributed by atoms with E-state index in [-0.39, 0.29) is 6.09 Å². The number of carboxylic acids is 2. The van der Waals surface area contributed by atoms with Crippen molar-refractivity contribution >= 4 is 18.0 Å². The van der Waals surface area contributed by atoms with Gasteiger partial charge in [0, 0.05) is 6.54 Å². The number of alkyl carbamates (subject to hydrolysis) is 1. The van der Waals surface area contributed by atoms with E-state index in [9.17, 15) is 4.79 Å². The molecule has 0 saturated carbocycles. The van der Waals surface area contributed by atoms with Crippen LogP contribution in [-0.4, -0.2) is 53.5 Å². The molecule has 0 aromatic rings. The molecule has 8 heteroatoms. The molecule has 0 radical (unpaired) electrons. The monoisotopic (exact) mass is 304 g/mol. The third-order valence-corrected chi connectivity index (χ3v) is 2.52. The van der Waals surface area contributed by atoms with Gasteiger partial charge in [-0.2, -0.15) is 0 Å². The minimum atomic E-state index is -1.82. The maximum absolute atomic E-state index is 11.3. The molecule has 0 aromatic heterocycles. The minimum absolute atomic E-state index is 0.312. The van der Waals surface area contributed by atoms with Crippen LogP contribution in [0.2, 0.25) is 0 Å². The van der Waals surface area contributed by atoms with Gasteiger partial charge < -0.3 is 25.6 Å². The summed E-state index contributed by atoms with van der Waals surface area (Å²) in [5, 5.41) is 20.9. The number of hydrogen-bond acceptors (Lipinski definition) is 5. The molecule has 1 fully saturated rings. The van der Waals surface area contributed by atoms with E-state index in [1.807, 2.05) is 20.8 Å². The Bertz CT molecular complexity index is 346. The summed E-state index contributed by atoms with van der Waals surface area (Å²) in [7, 11) is 0. The second-order valence-corrected chi connectivity index (χ2v) is 5.71. The fraction of sp³-hybridized carbons (Fsp3) is 0.769. The Kier molecular flexibility index (Phi) is 8.37. The second kappa shape index (κ2) is 9.17. The summed E-state index contributed by atoms with van der Waals surface area (Å²) in [6.45, 7) is 8.42. The van der Waals surface area contributed by atoms with Crippen molar-refractivity contribution in [3.05, 3.63) is 0 Å². The molecule has 1 saturated heterocycles. The van der Waals surface area contributed by atoms with E-state index in [0.717, 1.165) is 13.1 Å². The van der Waals surface area contributed by atoms with E-state index in [2.05, 4.69) is 10.6 Å². The predicted octanol–water partition coefficient (Wildman–Crippen LogP) is 0.666. The molecule has 1 rings (SSSR count). The van der Waals surface area contributed by atoms with Gasteiger partial charge in [0.1, 0.15) is 5.60 Å². The number of hydrogen-bond donors (Lipinski definition) is 4. The van der Waals surface area contributed by atoms with Crippen LogP contribution >= 0.6 is 0 Å². The van der Waals surface area contributed by atoms with E-state index < -0.39 is 17.5 Å². The molecule has 0 spiro atoms. The molecule has 21 heavy (non-hydrogen) atoms. The van der Waals surface area contributed by atoms with E-state index >= 15 is 0 Å². The standard InChI is InChI=1S/C11H22N2O2.C2H2O4/c1-11(2,3)15-10(14)13-8-9-5-4-6-12-7-9;3-1(4)2(5)6/h9,12H,4-8H2,1-3H3,(H,13,14);(H,3,4)(H,5,6). The first kappa shape index (κ1) is 19.2. The van der Waals surface area contributed by atoms with Gasteiger partial charge >= 0.3 is 18.0 Å². The summed E-state index contributed by atoms with van der Waals surface area (Å²) in [5.74, 6) is -3.10. The summed E-state index contributed by atoms with van der Waals surface area (Å²) in [6.07, 6.45) is 2.07. The molecule has 122 valence electrons. The number of aliphatic carboxylic acids is 2. The number of piperidine rings is 1. The van der Waals surface area contributed by atoms with E-state index in [4.69, 9.17) is 24.5 Å². The van der Waals surface area contributed by atoms with Crippen LogP contribution in [0.3, 0.4) is 0 Å². The van der Waals surface area contributed by atoms with Crippen molar-refractivity contribution in [1.29, 1.82) is 0 Å². The minimum Gasteiger partial charge on any atom is -0.473 e. The molecule has 8 nitrogen and oxygen atoms in total. The third kappa shape index (κ3) is 11.7. The molecule has 1 amide bonds. The molecule has 4 N–H and O–H groups in total. The molecule has 1 unspecified atom stereocenters. The van der Waals surface area contributed by atoms with Gasteiger partial charge in [0.2, 0.25) is 0 Å². The molecule has 1 aliphatic rings. The van der Waals surface area contributed by atoms with Gasteiger partial charge in [-0.3, -0.25) is 0 Å². The lowest BCUT2D eigenvalue weighted by atomic mass is 10.00. The maximum atomic E-state index is 11.3. The van der Waals surface area contributed by atoms with Gasteiger partial charge in [-0.05, 0) is 52.6 Å². The Morgan fingerprint density at radius 1 is 1.24 bits per heavy atom. The lowest BCUT2D eigenvalue weighted by Crippen LogP contribution is -2.40. The Hall–Kier alpha value is -1.83. The van der Waals surface area contributed by atoms with Crippen molar-refractivity contribution in [3.63, 3.8) is 0 Å². The number of amides is 1. The van der Waals surface area contributed by atoms with E-state index in [1.54, 1.807) is 0 Å².